The quantitative estimate of drug-likeness (QED) is 0.526. The van der Waals surface area contributed by atoms with E-state index >= 15 is 0 Å². The lowest BCUT2D eigenvalue weighted by Crippen LogP contribution is -2.40. The molecule has 0 spiro atoms. The van der Waals surface area contributed by atoms with E-state index in [1.165, 1.54) is 4.31 Å². The average molecular weight is 403 g/mol. The van der Waals surface area contributed by atoms with Crippen LogP contribution in [0, 0.1) is 12.8 Å². The molecule has 2 heterocycles. The molecule has 1 aromatic carbocycles. The molecule has 1 saturated heterocycles. The van der Waals surface area contributed by atoms with Gasteiger partial charge in [0.2, 0.25) is 10.0 Å². The molecule has 28 heavy (non-hydrogen) atoms. The number of benzene rings is 1. The van der Waals surface area contributed by atoms with Crippen LogP contribution >= 0.6 is 0 Å². The second-order valence-corrected chi connectivity index (χ2v) is 8.97. The SMILES string of the molecule is Cc1cccc(CCCOC(=O)C2CCN(S(=O)(=O)c3ccccc3)CC2)n1. The highest BCUT2D eigenvalue weighted by Gasteiger charge is 2.32. The van der Waals surface area contributed by atoms with Crippen molar-refractivity contribution in [3.63, 3.8) is 0 Å². The van der Waals surface area contributed by atoms with Gasteiger partial charge in [-0.2, -0.15) is 4.31 Å². The molecule has 1 fully saturated rings. The number of carbonyl (C=O) groups is 1. The Bertz CT molecular complexity index is 892. The first-order valence-electron chi connectivity index (χ1n) is 9.61. The molecule has 150 valence electrons. The summed E-state index contributed by atoms with van der Waals surface area (Å²) < 4.78 is 32.1. The zero-order valence-corrected chi connectivity index (χ0v) is 16.9. The largest absolute Gasteiger partial charge is 0.465 e. The maximum Gasteiger partial charge on any atom is 0.309 e. The normalized spacial score (nSPS) is 16.0. The Morgan fingerprint density at radius 1 is 1.11 bits per heavy atom. The molecular weight excluding hydrogens is 376 g/mol. The van der Waals surface area contributed by atoms with Gasteiger partial charge in [0.1, 0.15) is 0 Å². The topological polar surface area (TPSA) is 76.6 Å². The molecule has 1 aliphatic heterocycles. The fraction of sp³-hybridized carbons (Fsp3) is 0.429. The summed E-state index contributed by atoms with van der Waals surface area (Å²) in [7, 11) is -3.49. The molecule has 0 atom stereocenters. The first-order valence-corrected chi connectivity index (χ1v) is 11.1. The molecule has 0 amide bonds. The van der Waals surface area contributed by atoms with Crippen LogP contribution in [0.4, 0.5) is 0 Å². The van der Waals surface area contributed by atoms with Crippen molar-refractivity contribution in [1.82, 2.24) is 9.29 Å². The number of aromatic nitrogens is 1. The van der Waals surface area contributed by atoms with E-state index < -0.39 is 10.0 Å². The predicted molar refractivity (Wildman–Crippen MR) is 106 cm³/mol. The third-order valence-corrected chi connectivity index (χ3v) is 6.85. The molecule has 1 aliphatic rings. The van der Waals surface area contributed by atoms with Gasteiger partial charge in [0.15, 0.2) is 0 Å². The first-order chi connectivity index (χ1) is 13.5. The minimum atomic E-state index is -3.49. The van der Waals surface area contributed by atoms with Gasteiger partial charge in [0, 0.05) is 24.5 Å². The van der Waals surface area contributed by atoms with Gasteiger partial charge in [-0.3, -0.25) is 9.78 Å². The highest BCUT2D eigenvalue weighted by molar-refractivity contribution is 7.89. The van der Waals surface area contributed by atoms with Gasteiger partial charge in [-0.15, -0.1) is 0 Å². The van der Waals surface area contributed by atoms with E-state index in [4.69, 9.17) is 4.74 Å². The van der Waals surface area contributed by atoms with E-state index in [0.29, 0.717) is 37.4 Å². The monoisotopic (exact) mass is 402 g/mol. The zero-order chi connectivity index (χ0) is 20.0. The number of esters is 1. The minimum Gasteiger partial charge on any atom is -0.465 e. The number of carbonyl (C=O) groups excluding carboxylic acids is 1. The molecule has 0 N–H and O–H groups in total. The van der Waals surface area contributed by atoms with E-state index in [9.17, 15) is 13.2 Å². The Hall–Kier alpha value is -2.25. The molecule has 6 nitrogen and oxygen atoms in total. The van der Waals surface area contributed by atoms with Crippen LogP contribution in [0.15, 0.2) is 53.4 Å². The maximum absolute atomic E-state index is 12.6. The number of nitrogens with zero attached hydrogens (tertiary/aromatic N) is 2. The summed E-state index contributed by atoms with van der Waals surface area (Å²) >= 11 is 0. The Balaban J connectivity index is 1.42. The van der Waals surface area contributed by atoms with Gasteiger partial charge in [0.05, 0.1) is 17.4 Å². The summed E-state index contributed by atoms with van der Waals surface area (Å²) in [5.74, 6) is -0.465. The summed E-state index contributed by atoms with van der Waals surface area (Å²) in [6.45, 7) is 2.99. The van der Waals surface area contributed by atoms with Crippen molar-refractivity contribution >= 4 is 16.0 Å². The van der Waals surface area contributed by atoms with Crippen LogP contribution in [-0.2, 0) is 26.0 Å². The Morgan fingerprint density at radius 2 is 1.82 bits per heavy atom. The number of rotatable bonds is 7. The van der Waals surface area contributed by atoms with Crippen molar-refractivity contribution in [1.29, 1.82) is 0 Å². The van der Waals surface area contributed by atoms with Crippen LogP contribution in [0.3, 0.4) is 0 Å². The first kappa shape index (κ1) is 20.5. The third-order valence-electron chi connectivity index (χ3n) is 4.94. The van der Waals surface area contributed by atoms with Crippen molar-refractivity contribution in [3.8, 4) is 0 Å². The number of aryl methyl sites for hydroxylation is 2. The van der Waals surface area contributed by atoms with E-state index in [2.05, 4.69) is 4.98 Å². The Morgan fingerprint density at radius 3 is 2.50 bits per heavy atom. The van der Waals surface area contributed by atoms with Crippen molar-refractivity contribution in [2.75, 3.05) is 19.7 Å². The number of hydrogen-bond donors (Lipinski definition) is 0. The minimum absolute atomic E-state index is 0.228. The highest BCUT2D eigenvalue weighted by Crippen LogP contribution is 2.24. The van der Waals surface area contributed by atoms with E-state index in [0.717, 1.165) is 24.2 Å². The van der Waals surface area contributed by atoms with Gasteiger partial charge in [-0.05, 0) is 56.9 Å². The van der Waals surface area contributed by atoms with Crippen molar-refractivity contribution in [2.45, 2.75) is 37.5 Å². The molecule has 0 aliphatic carbocycles. The summed E-state index contributed by atoms with van der Waals surface area (Å²) in [4.78, 5) is 17.0. The van der Waals surface area contributed by atoms with Crippen LogP contribution in [0.2, 0.25) is 0 Å². The highest BCUT2D eigenvalue weighted by atomic mass is 32.2. The third kappa shape index (κ3) is 5.17. The Labute approximate surface area is 166 Å². The second kappa shape index (κ2) is 9.30. The summed E-state index contributed by atoms with van der Waals surface area (Å²) in [5.41, 5.74) is 1.97. The fourth-order valence-electron chi connectivity index (χ4n) is 3.36. The van der Waals surface area contributed by atoms with Crippen LogP contribution < -0.4 is 0 Å². The molecule has 0 saturated carbocycles. The maximum atomic E-state index is 12.6. The van der Waals surface area contributed by atoms with Crippen LogP contribution in [-0.4, -0.2) is 43.4 Å². The van der Waals surface area contributed by atoms with Crippen LogP contribution in [0.1, 0.15) is 30.7 Å². The smallest absolute Gasteiger partial charge is 0.309 e. The molecule has 0 unspecified atom stereocenters. The lowest BCUT2D eigenvalue weighted by molar-refractivity contribution is -0.149. The molecule has 2 aromatic rings. The van der Waals surface area contributed by atoms with Crippen LogP contribution in [0.5, 0.6) is 0 Å². The van der Waals surface area contributed by atoms with Gasteiger partial charge in [-0.1, -0.05) is 24.3 Å². The second-order valence-electron chi connectivity index (χ2n) is 7.03. The molecule has 0 bridgehead atoms. The average Bonchev–Trinajstić information content (AvgIpc) is 2.72. The fourth-order valence-corrected chi connectivity index (χ4v) is 4.85. The summed E-state index contributed by atoms with van der Waals surface area (Å²) in [5, 5.41) is 0. The summed E-state index contributed by atoms with van der Waals surface area (Å²) in [6, 6.07) is 14.3. The van der Waals surface area contributed by atoms with Crippen LogP contribution in [0.25, 0.3) is 0 Å². The number of piperidine rings is 1. The molecule has 1 aromatic heterocycles. The number of pyridine rings is 1. The van der Waals surface area contributed by atoms with E-state index in [1.807, 2.05) is 25.1 Å². The van der Waals surface area contributed by atoms with Gasteiger partial charge < -0.3 is 4.74 Å². The van der Waals surface area contributed by atoms with Gasteiger partial charge in [-0.25, -0.2) is 8.42 Å². The van der Waals surface area contributed by atoms with Crippen molar-refractivity contribution in [3.05, 3.63) is 59.9 Å². The van der Waals surface area contributed by atoms with Gasteiger partial charge >= 0.3 is 5.97 Å². The standard InChI is InChI=1S/C21H26N2O4S/c1-17-7-5-8-19(22-17)9-6-16-27-21(24)18-12-14-23(15-13-18)28(25,26)20-10-3-2-4-11-20/h2-5,7-8,10-11,18H,6,9,12-16H2,1H3. The van der Waals surface area contributed by atoms with Crippen molar-refractivity contribution in [2.24, 2.45) is 5.92 Å². The molecule has 0 radical (unpaired) electrons. The number of ether oxygens (including phenoxy) is 1. The summed E-state index contributed by atoms with van der Waals surface area (Å²) in [6.07, 6.45) is 2.47. The Kier molecular flexibility index (Phi) is 6.80. The van der Waals surface area contributed by atoms with Crippen molar-refractivity contribution < 1.29 is 17.9 Å². The molecule has 3 rings (SSSR count). The van der Waals surface area contributed by atoms with E-state index in [-0.39, 0.29) is 11.9 Å². The lowest BCUT2D eigenvalue weighted by Gasteiger charge is -2.30. The predicted octanol–water partition coefficient (Wildman–Crippen LogP) is 2.97. The lowest BCUT2D eigenvalue weighted by atomic mass is 9.98. The van der Waals surface area contributed by atoms with Gasteiger partial charge in [0.25, 0.3) is 0 Å². The molecule has 7 heteroatoms. The number of sulfonamides is 1. The molecular formula is C21H26N2O4S. The number of hydrogen-bond acceptors (Lipinski definition) is 5. The zero-order valence-electron chi connectivity index (χ0n) is 16.1. The van der Waals surface area contributed by atoms with E-state index in [1.54, 1.807) is 30.3 Å².